The Balaban J connectivity index is 2.42. The first-order valence-corrected chi connectivity index (χ1v) is 5.72. The third kappa shape index (κ3) is 1.99. The highest BCUT2D eigenvalue weighted by Gasteiger charge is 2.20. The fourth-order valence-corrected chi connectivity index (χ4v) is 2.21. The number of thiazole rings is 1. The molecule has 2 heterocycles. The number of aryl methyl sites for hydroxylation is 1. The lowest BCUT2D eigenvalue weighted by Crippen LogP contribution is -2.06. The second-order valence-electron chi connectivity index (χ2n) is 3.11. The molecule has 16 heavy (non-hydrogen) atoms. The van der Waals surface area contributed by atoms with Crippen molar-refractivity contribution in [2.45, 2.75) is 13.8 Å². The Kier molecular flexibility index (Phi) is 3.05. The van der Waals surface area contributed by atoms with Gasteiger partial charge in [0.05, 0.1) is 17.9 Å². The van der Waals surface area contributed by atoms with Crippen LogP contribution in [0.15, 0.2) is 22.8 Å². The summed E-state index contributed by atoms with van der Waals surface area (Å²) >= 11 is 1.42. The molecular formula is C11H11NO3S. The maximum atomic E-state index is 11.7. The second kappa shape index (κ2) is 4.49. The largest absolute Gasteiger partial charge is 0.463 e. The van der Waals surface area contributed by atoms with Crippen molar-refractivity contribution in [2.24, 2.45) is 0 Å². The maximum Gasteiger partial charge on any atom is 0.358 e. The van der Waals surface area contributed by atoms with Crippen LogP contribution in [0.2, 0.25) is 0 Å². The van der Waals surface area contributed by atoms with E-state index in [1.807, 2.05) is 6.92 Å². The molecule has 0 N–H and O–H groups in total. The molecule has 0 bridgehead atoms. The summed E-state index contributed by atoms with van der Waals surface area (Å²) in [5, 5.41) is 0.814. The molecule has 0 aliphatic heterocycles. The van der Waals surface area contributed by atoms with Gasteiger partial charge in [-0.05, 0) is 26.0 Å². The fourth-order valence-electron chi connectivity index (χ4n) is 1.34. The summed E-state index contributed by atoms with van der Waals surface area (Å²) in [6.45, 7) is 3.95. The highest BCUT2D eigenvalue weighted by Crippen LogP contribution is 2.30. The first-order valence-electron chi connectivity index (χ1n) is 4.90. The monoisotopic (exact) mass is 237 g/mol. The van der Waals surface area contributed by atoms with Gasteiger partial charge in [0.2, 0.25) is 0 Å². The molecule has 2 rings (SSSR count). The van der Waals surface area contributed by atoms with E-state index in [1.54, 1.807) is 25.3 Å². The topological polar surface area (TPSA) is 52.3 Å². The third-order valence-corrected chi connectivity index (χ3v) is 2.93. The molecule has 2 aromatic heterocycles. The standard InChI is InChI=1S/C11H11NO3S/c1-3-14-11(13)9-10(16-7(2)12-9)8-5-4-6-15-8/h4-6H,3H2,1-2H3. The predicted octanol–water partition coefficient (Wildman–Crippen LogP) is 2.89. The molecule has 2 aromatic rings. The molecule has 0 aromatic carbocycles. The van der Waals surface area contributed by atoms with Crippen LogP contribution in [-0.4, -0.2) is 17.6 Å². The zero-order valence-corrected chi connectivity index (χ0v) is 9.84. The van der Waals surface area contributed by atoms with Crippen LogP contribution in [0.1, 0.15) is 22.4 Å². The van der Waals surface area contributed by atoms with E-state index in [1.165, 1.54) is 11.3 Å². The molecular weight excluding hydrogens is 226 g/mol. The van der Waals surface area contributed by atoms with Gasteiger partial charge in [-0.1, -0.05) is 0 Å². The summed E-state index contributed by atoms with van der Waals surface area (Å²) in [4.78, 5) is 16.5. The lowest BCUT2D eigenvalue weighted by molar-refractivity contribution is 0.0521. The van der Waals surface area contributed by atoms with Crippen molar-refractivity contribution in [3.05, 3.63) is 29.1 Å². The van der Waals surface area contributed by atoms with Crippen LogP contribution in [0.5, 0.6) is 0 Å². The summed E-state index contributed by atoms with van der Waals surface area (Å²) in [6, 6.07) is 3.58. The Morgan fingerprint density at radius 3 is 3.06 bits per heavy atom. The van der Waals surface area contributed by atoms with Crippen LogP contribution in [-0.2, 0) is 4.74 Å². The van der Waals surface area contributed by atoms with Gasteiger partial charge in [-0.3, -0.25) is 0 Å². The van der Waals surface area contributed by atoms with Crippen molar-refractivity contribution in [3.63, 3.8) is 0 Å². The van der Waals surface area contributed by atoms with Crippen LogP contribution in [0.3, 0.4) is 0 Å². The van der Waals surface area contributed by atoms with Gasteiger partial charge in [0.25, 0.3) is 0 Å². The fraction of sp³-hybridized carbons (Fsp3) is 0.273. The minimum absolute atomic E-state index is 0.333. The highest BCUT2D eigenvalue weighted by molar-refractivity contribution is 7.15. The number of carbonyl (C=O) groups is 1. The van der Waals surface area contributed by atoms with E-state index in [0.29, 0.717) is 18.1 Å². The average molecular weight is 237 g/mol. The van der Waals surface area contributed by atoms with Crippen molar-refractivity contribution >= 4 is 17.3 Å². The highest BCUT2D eigenvalue weighted by atomic mass is 32.1. The molecule has 0 unspecified atom stereocenters. The van der Waals surface area contributed by atoms with Gasteiger partial charge in [0.1, 0.15) is 10.6 Å². The number of hydrogen-bond donors (Lipinski definition) is 0. The molecule has 5 heteroatoms. The van der Waals surface area contributed by atoms with E-state index in [0.717, 1.165) is 9.88 Å². The maximum absolute atomic E-state index is 11.7. The minimum Gasteiger partial charge on any atom is -0.463 e. The Labute approximate surface area is 96.9 Å². The Morgan fingerprint density at radius 2 is 2.44 bits per heavy atom. The minimum atomic E-state index is -0.404. The molecule has 0 radical (unpaired) electrons. The number of hydrogen-bond acceptors (Lipinski definition) is 5. The number of ether oxygens (including phenoxy) is 1. The molecule has 0 aliphatic rings. The lowest BCUT2D eigenvalue weighted by atomic mass is 10.3. The van der Waals surface area contributed by atoms with Crippen LogP contribution in [0, 0.1) is 6.92 Å². The smallest absolute Gasteiger partial charge is 0.358 e. The molecule has 0 amide bonds. The first kappa shape index (κ1) is 10.9. The van der Waals surface area contributed by atoms with E-state index in [-0.39, 0.29) is 0 Å². The second-order valence-corrected chi connectivity index (χ2v) is 4.31. The van der Waals surface area contributed by atoms with Gasteiger partial charge >= 0.3 is 5.97 Å². The molecule has 0 aliphatic carbocycles. The van der Waals surface area contributed by atoms with Crippen molar-refractivity contribution in [1.29, 1.82) is 0 Å². The van der Waals surface area contributed by atoms with Gasteiger partial charge in [-0.15, -0.1) is 11.3 Å². The molecule has 0 fully saturated rings. The van der Waals surface area contributed by atoms with Gasteiger partial charge < -0.3 is 9.15 Å². The van der Waals surface area contributed by atoms with Crippen molar-refractivity contribution in [1.82, 2.24) is 4.98 Å². The number of furan rings is 1. The summed E-state index contributed by atoms with van der Waals surface area (Å²) in [6.07, 6.45) is 1.57. The van der Waals surface area contributed by atoms with Gasteiger partial charge in [0.15, 0.2) is 5.69 Å². The summed E-state index contributed by atoms with van der Waals surface area (Å²) in [7, 11) is 0. The zero-order valence-electron chi connectivity index (χ0n) is 9.02. The number of rotatable bonds is 3. The molecule has 4 nitrogen and oxygen atoms in total. The van der Waals surface area contributed by atoms with Crippen LogP contribution in [0.4, 0.5) is 0 Å². The Bertz CT molecular complexity index is 487. The predicted molar refractivity (Wildman–Crippen MR) is 60.5 cm³/mol. The number of carbonyl (C=O) groups excluding carboxylic acids is 1. The molecule has 0 saturated carbocycles. The van der Waals surface area contributed by atoms with Gasteiger partial charge in [-0.2, -0.15) is 0 Å². The van der Waals surface area contributed by atoms with Crippen molar-refractivity contribution in [3.8, 4) is 10.6 Å². The molecule has 0 saturated heterocycles. The summed E-state index contributed by atoms with van der Waals surface area (Å²) < 4.78 is 10.2. The van der Waals surface area contributed by atoms with E-state index in [4.69, 9.17) is 9.15 Å². The van der Waals surface area contributed by atoms with Crippen LogP contribution >= 0.6 is 11.3 Å². The van der Waals surface area contributed by atoms with E-state index < -0.39 is 5.97 Å². The van der Waals surface area contributed by atoms with Crippen molar-refractivity contribution in [2.75, 3.05) is 6.61 Å². The van der Waals surface area contributed by atoms with E-state index in [9.17, 15) is 4.79 Å². The zero-order chi connectivity index (χ0) is 11.5. The molecule has 84 valence electrons. The Hall–Kier alpha value is -1.62. The first-order chi connectivity index (χ1) is 7.72. The van der Waals surface area contributed by atoms with Crippen LogP contribution < -0.4 is 0 Å². The summed E-state index contributed by atoms with van der Waals surface area (Å²) in [5.41, 5.74) is 0.333. The number of nitrogens with zero attached hydrogens (tertiary/aromatic N) is 1. The third-order valence-electron chi connectivity index (χ3n) is 1.95. The average Bonchev–Trinajstić information content (AvgIpc) is 2.85. The summed E-state index contributed by atoms with van der Waals surface area (Å²) in [5.74, 6) is 0.243. The van der Waals surface area contributed by atoms with E-state index >= 15 is 0 Å². The van der Waals surface area contributed by atoms with Crippen molar-refractivity contribution < 1.29 is 13.9 Å². The normalized spacial score (nSPS) is 10.4. The quantitative estimate of drug-likeness (QED) is 0.770. The van der Waals surface area contributed by atoms with E-state index in [2.05, 4.69) is 4.98 Å². The molecule has 0 spiro atoms. The SMILES string of the molecule is CCOC(=O)c1nc(C)sc1-c1ccco1. The lowest BCUT2D eigenvalue weighted by Gasteiger charge is -1.99. The Morgan fingerprint density at radius 1 is 1.62 bits per heavy atom. The molecule has 0 atom stereocenters. The van der Waals surface area contributed by atoms with Gasteiger partial charge in [-0.25, -0.2) is 9.78 Å². The number of aromatic nitrogens is 1. The number of esters is 1. The van der Waals surface area contributed by atoms with Crippen LogP contribution in [0.25, 0.3) is 10.6 Å². The van der Waals surface area contributed by atoms with Gasteiger partial charge in [0, 0.05) is 0 Å².